The Morgan fingerprint density at radius 3 is 1.54 bits per heavy atom. The lowest BCUT2D eigenvalue weighted by molar-refractivity contribution is 1.69. The molecule has 0 saturated heterocycles. The second-order valence-corrected chi connectivity index (χ2v) is 14.9. The van der Waals surface area contributed by atoms with Gasteiger partial charge in [-0.3, -0.25) is 0 Å². The number of benzene rings is 9. The van der Waals surface area contributed by atoms with Gasteiger partial charge >= 0.3 is 0 Å². The summed E-state index contributed by atoms with van der Waals surface area (Å²) >= 11 is 3.83. The van der Waals surface area contributed by atoms with Crippen molar-refractivity contribution in [2.45, 2.75) is 0 Å². The van der Waals surface area contributed by atoms with Crippen LogP contribution >= 0.6 is 22.7 Å². The summed E-state index contributed by atoms with van der Waals surface area (Å²) in [6, 6.07) is 58.9. The Balaban J connectivity index is 1.34. The number of hydrogen-bond donors (Lipinski definition) is 0. The summed E-state index contributed by atoms with van der Waals surface area (Å²) in [4.78, 5) is 0. The maximum atomic E-state index is 2.50. The van der Waals surface area contributed by atoms with Crippen molar-refractivity contribution in [1.29, 1.82) is 0 Å². The zero-order valence-corrected chi connectivity index (χ0v) is 27.5. The van der Waals surface area contributed by atoms with E-state index in [2.05, 4.69) is 158 Å². The molecule has 48 heavy (non-hydrogen) atoms. The molecule has 9 aromatic carbocycles. The Labute approximate surface area is 284 Å². The summed E-state index contributed by atoms with van der Waals surface area (Å²) in [7, 11) is 0. The zero-order chi connectivity index (χ0) is 31.3. The molecule has 0 saturated carbocycles. The van der Waals surface area contributed by atoms with Crippen LogP contribution in [0.15, 0.2) is 158 Å². The van der Waals surface area contributed by atoms with Gasteiger partial charge in [0, 0.05) is 45.7 Å². The monoisotopic (exact) mass is 642 g/mol. The molecule has 0 spiro atoms. The van der Waals surface area contributed by atoms with Crippen LogP contribution in [-0.4, -0.2) is 0 Å². The second-order valence-electron chi connectivity index (χ2n) is 12.8. The van der Waals surface area contributed by atoms with Crippen molar-refractivity contribution in [2.75, 3.05) is 0 Å². The molecule has 0 aliphatic rings. The van der Waals surface area contributed by atoms with Crippen LogP contribution in [0.1, 0.15) is 0 Å². The Kier molecular flexibility index (Phi) is 5.51. The Bertz CT molecular complexity index is 3060. The van der Waals surface area contributed by atoms with Crippen LogP contribution in [0.5, 0.6) is 0 Å². The molecule has 0 atom stereocenters. The van der Waals surface area contributed by atoms with E-state index < -0.39 is 0 Å². The number of rotatable bonds is 2. The van der Waals surface area contributed by atoms with Gasteiger partial charge in [-0.25, -0.2) is 0 Å². The fourth-order valence-electron chi connectivity index (χ4n) is 8.09. The molecule has 11 rings (SSSR count). The summed E-state index contributed by atoms with van der Waals surface area (Å²) in [6.45, 7) is 0. The van der Waals surface area contributed by atoms with Gasteiger partial charge in [-0.15, -0.1) is 22.7 Å². The number of fused-ring (bicyclic) bond motifs is 11. The van der Waals surface area contributed by atoms with Gasteiger partial charge in [-0.2, -0.15) is 0 Å². The molecule has 0 aliphatic heterocycles. The molecule has 2 heteroatoms. The number of hydrogen-bond acceptors (Lipinski definition) is 2. The maximum Gasteiger partial charge on any atom is 0.0434 e. The third-order valence-corrected chi connectivity index (χ3v) is 12.6. The molecule has 2 aromatic heterocycles. The third kappa shape index (κ3) is 3.70. The van der Waals surface area contributed by atoms with Gasteiger partial charge in [0.05, 0.1) is 0 Å². The van der Waals surface area contributed by atoms with Crippen molar-refractivity contribution in [1.82, 2.24) is 0 Å². The van der Waals surface area contributed by atoms with Crippen molar-refractivity contribution in [2.24, 2.45) is 0 Å². The van der Waals surface area contributed by atoms with E-state index in [1.165, 1.54) is 106 Å². The minimum absolute atomic E-state index is 1.25. The Morgan fingerprint density at radius 1 is 0.292 bits per heavy atom. The standard InChI is InChI=1S/C46H26S2/c1-2-12-28-23-29(22-21-27(28)11-1)44-32-15-3-5-17-34(32)45(35-18-6-4-16-33(35)44)38-25-39-31-14-8-10-20-42(31)48-46(39)40-26-43-37(24-36(38)40)30-13-7-9-19-41(30)47-43/h1-26H. The highest BCUT2D eigenvalue weighted by Gasteiger charge is 2.21. The van der Waals surface area contributed by atoms with Gasteiger partial charge in [0.25, 0.3) is 0 Å². The molecule has 0 amide bonds. The van der Waals surface area contributed by atoms with E-state index in [1.54, 1.807) is 0 Å². The highest BCUT2D eigenvalue weighted by molar-refractivity contribution is 7.27. The predicted octanol–water partition coefficient (Wildman–Crippen LogP) is 14.4. The van der Waals surface area contributed by atoms with Crippen LogP contribution in [0.3, 0.4) is 0 Å². The highest BCUT2D eigenvalue weighted by Crippen LogP contribution is 2.50. The fraction of sp³-hybridized carbons (Fsp3) is 0. The van der Waals surface area contributed by atoms with E-state index in [0.29, 0.717) is 0 Å². The van der Waals surface area contributed by atoms with Crippen molar-refractivity contribution in [3.63, 3.8) is 0 Å². The van der Waals surface area contributed by atoms with E-state index in [4.69, 9.17) is 0 Å². The second kappa shape index (κ2) is 9.98. The van der Waals surface area contributed by atoms with Crippen LogP contribution in [-0.2, 0) is 0 Å². The molecule has 0 aliphatic carbocycles. The summed E-state index contributed by atoms with van der Waals surface area (Å²) < 4.78 is 5.40. The molecule has 0 radical (unpaired) electrons. The maximum absolute atomic E-state index is 2.50. The van der Waals surface area contributed by atoms with Crippen molar-refractivity contribution in [3.05, 3.63) is 158 Å². The molecule has 2 heterocycles. The summed E-state index contributed by atoms with van der Waals surface area (Å²) in [5, 5.41) is 15.7. The zero-order valence-electron chi connectivity index (χ0n) is 25.8. The first-order chi connectivity index (χ1) is 23.8. The lowest BCUT2D eigenvalue weighted by atomic mass is 9.84. The topological polar surface area (TPSA) is 0 Å². The van der Waals surface area contributed by atoms with E-state index in [-0.39, 0.29) is 0 Å². The van der Waals surface area contributed by atoms with Gasteiger partial charge in [-0.1, -0.05) is 121 Å². The van der Waals surface area contributed by atoms with Gasteiger partial charge in [0.15, 0.2) is 0 Å². The first-order valence-electron chi connectivity index (χ1n) is 16.4. The van der Waals surface area contributed by atoms with Crippen molar-refractivity contribution < 1.29 is 0 Å². The van der Waals surface area contributed by atoms with Crippen LogP contribution in [0.2, 0.25) is 0 Å². The molecule has 0 fully saturated rings. The van der Waals surface area contributed by atoms with E-state index >= 15 is 0 Å². The van der Waals surface area contributed by atoms with Gasteiger partial charge in [0.1, 0.15) is 0 Å². The third-order valence-electron chi connectivity index (χ3n) is 10.2. The van der Waals surface area contributed by atoms with E-state index in [9.17, 15) is 0 Å². The molecule has 0 nitrogen and oxygen atoms in total. The SMILES string of the molecule is c1ccc2cc(-c3c4ccccc4c(-c4cc5c6ccccc6sc5c5cc6sc7ccccc7c6cc45)c4ccccc34)ccc2c1. The van der Waals surface area contributed by atoms with Gasteiger partial charge in [0.2, 0.25) is 0 Å². The predicted molar refractivity (Wildman–Crippen MR) is 213 cm³/mol. The normalized spacial score (nSPS) is 12.2. The summed E-state index contributed by atoms with van der Waals surface area (Å²) in [5.74, 6) is 0. The quantitative estimate of drug-likeness (QED) is 0.165. The average molecular weight is 643 g/mol. The largest absolute Gasteiger partial charge is 0.135 e. The van der Waals surface area contributed by atoms with Gasteiger partial charge < -0.3 is 0 Å². The lowest BCUT2D eigenvalue weighted by Crippen LogP contribution is -1.92. The molecule has 0 unspecified atom stereocenters. The van der Waals surface area contributed by atoms with E-state index in [0.717, 1.165) is 0 Å². The smallest absolute Gasteiger partial charge is 0.0434 e. The number of thiophene rings is 2. The summed E-state index contributed by atoms with van der Waals surface area (Å²) in [5.41, 5.74) is 5.17. The van der Waals surface area contributed by atoms with Crippen LogP contribution in [0.4, 0.5) is 0 Å². The molecule has 0 N–H and O–H groups in total. The highest BCUT2D eigenvalue weighted by atomic mass is 32.1. The van der Waals surface area contributed by atoms with Crippen LogP contribution in [0.25, 0.3) is 106 Å². The lowest BCUT2D eigenvalue weighted by Gasteiger charge is -2.19. The van der Waals surface area contributed by atoms with Crippen LogP contribution in [0, 0.1) is 0 Å². The molecule has 11 aromatic rings. The van der Waals surface area contributed by atoms with Crippen molar-refractivity contribution >= 4 is 106 Å². The van der Waals surface area contributed by atoms with Gasteiger partial charge in [-0.05, 0) is 96.4 Å². The molecule has 222 valence electrons. The molecule has 0 bridgehead atoms. The minimum Gasteiger partial charge on any atom is -0.135 e. The fourth-order valence-corrected chi connectivity index (χ4v) is 10.4. The Hall–Kier alpha value is -5.54. The summed E-state index contributed by atoms with van der Waals surface area (Å²) in [6.07, 6.45) is 0. The molecular formula is C46H26S2. The van der Waals surface area contributed by atoms with E-state index in [1.807, 2.05) is 22.7 Å². The van der Waals surface area contributed by atoms with Crippen LogP contribution < -0.4 is 0 Å². The first kappa shape index (κ1) is 26.5. The first-order valence-corrected chi connectivity index (χ1v) is 18.1. The average Bonchev–Trinajstić information content (AvgIpc) is 3.70. The van der Waals surface area contributed by atoms with Crippen molar-refractivity contribution in [3.8, 4) is 22.3 Å². The molecular weight excluding hydrogens is 617 g/mol. The Morgan fingerprint density at radius 2 is 0.833 bits per heavy atom. The minimum atomic E-state index is 1.25.